The number of hydrogen-bond donors (Lipinski definition) is 0. The molecule has 4 heteroatoms. The zero-order chi connectivity index (χ0) is 10.8. The number of halogens is 1. The zero-order valence-corrected chi connectivity index (χ0v) is 9.96. The van der Waals surface area contributed by atoms with Crippen LogP contribution in [0.3, 0.4) is 0 Å². The monoisotopic (exact) mass is 225 g/mol. The fraction of sp³-hybridized carbons (Fsp3) is 0.636. The summed E-state index contributed by atoms with van der Waals surface area (Å²) in [5, 5.41) is 0.538. The molecule has 82 valence electrons. The normalized spacial score (nSPS) is 21.8. The van der Waals surface area contributed by atoms with Crippen molar-refractivity contribution in [1.82, 2.24) is 9.97 Å². The van der Waals surface area contributed by atoms with Crippen molar-refractivity contribution in [3.05, 3.63) is 16.9 Å². The molecule has 1 aliphatic rings. The predicted molar refractivity (Wildman–Crippen MR) is 62.4 cm³/mol. The van der Waals surface area contributed by atoms with Crippen LogP contribution < -0.4 is 4.90 Å². The van der Waals surface area contributed by atoms with E-state index in [1.807, 2.05) is 6.92 Å². The molecule has 1 unspecified atom stereocenters. The van der Waals surface area contributed by atoms with Crippen LogP contribution in [0.4, 0.5) is 5.95 Å². The molecule has 0 radical (unpaired) electrons. The van der Waals surface area contributed by atoms with E-state index >= 15 is 0 Å². The van der Waals surface area contributed by atoms with Crippen LogP contribution in [0.25, 0.3) is 0 Å². The third kappa shape index (κ3) is 2.59. The fourth-order valence-electron chi connectivity index (χ4n) is 2.03. The summed E-state index contributed by atoms with van der Waals surface area (Å²) < 4.78 is 0. The maximum atomic E-state index is 5.93. The molecule has 0 aliphatic carbocycles. The van der Waals surface area contributed by atoms with Crippen LogP contribution in [-0.4, -0.2) is 23.1 Å². The van der Waals surface area contributed by atoms with E-state index < -0.39 is 0 Å². The van der Waals surface area contributed by atoms with Gasteiger partial charge >= 0.3 is 0 Å². The van der Waals surface area contributed by atoms with E-state index in [1.54, 1.807) is 6.07 Å². The van der Waals surface area contributed by atoms with E-state index in [2.05, 4.69) is 21.8 Å². The third-order valence-electron chi connectivity index (χ3n) is 2.75. The summed E-state index contributed by atoms with van der Waals surface area (Å²) in [6.45, 7) is 6.30. The Hall–Kier alpha value is -0.830. The van der Waals surface area contributed by atoms with E-state index in [4.69, 9.17) is 11.6 Å². The summed E-state index contributed by atoms with van der Waals surface area (Å²) in [5.41, 5.74) is 0.934. The molecule has 1 aromatic rings. The van der Waals surface area contributed by atoms with Crippen LogP contribution in [0, 0.1) is 12.8 Å². The minimum absolute atomic E-state index is 0.538. The predicted octanol–water partition coefficient (Wildman–Crippen LogP) is 2.67. The van der Waals surface area contributed by atoms with Gasteiger partial charge in [0.2, 0.25) is 5.95 Å². The Balaban J connectivity index is 2.20. The molecule has 0 saturated carbocycles. The third-order valence-corrected chi connectivity index (χ3v) is 2.94. The molecule has 1 aromatic heterocycles. The van der Waals surface area contributed by atoms with Gasteiger partial charge in [0.25, 0.3) is 0 Å². The lowest BCUT2D eigenvalue weighted by Crippen LogP contribution is -2.35. The molecular weight excluding hydrogens is 210 g/mol. The SMILES string of the molecule is Cc1cc(Cl)nc(N2CCCC(C)C2)n1. The van der Waals surface area contributed by atoms with Crippen molar-refractivity contribution in [1.29, 1.82) is 0 Å². The Morgan fingerprint density at radius 3 is 2.93 bits per heavy atom. The minimum atomic E-state index is 0.538. The molecule has 15 heavy (non-hydrogen) atoms. The van der Waals surface area contributed by atoms with Crippen molar-refractivity contribution in [3.63, 3.8) is 0 Å². The van der Waals surface area contributed by atoms with Crippen LogP contribution in [0.15, 0.2) is 6.07 Å². The summed E-state index contributed by atoms with van der Waals surface area (Å²) in [6, 6.07) is 1.79. The molecule has 1 fully saturated rings. The van der Waals surface area contributed by atoms with Gasteiger partial charge in [-0.1, -0.05) is 18.5 Å². The minimum Gasteiger partial charge on any atom is -0.341 e. The highest BCUT2D eigenvalue weighted by atomic mass is 35.5. The number of aryl methyl sites for hydroxylation is 1. The average molecular weight is 226 g/mol. The van der Waals surface area contributed by atoms with Gasteiger partial charge in [0.05, 0.1) is 0 Å². The standard InChI is InChI=1S/C11H16ClN3/c1-8-4-3-5-15(7-8)11-13-9(2)6-10(12)14-11/h6,8H,3-5,7H2,1-2H3. The van der Waals surface area contributed by atoms with Crippen molar-refractivity contribution < 1.29 is 0 Å². The number of nitrogens with zero attached hydrogens (tertiary/aromatic N) is 3. The summed E-state index contributed by atoms with van der Waals surface area (Å²) in [5.74, 6) is 1.51. The Kier molecular flexibility index (Phi) is 3.10. The first kappa shape index (κ1) is 10.7. The van der Waals surface area contributed by atoms with Crippen molar-refractivity contribution in [2.75, 3.05) is 18.0 Å². The van der Waals surface area contributed by atoms with E-state index in [1.165, 1.54) is 12.8 Å². The molecule has 0 bridgehead atoms. The van der Waals surface area contributed by atoms with E-state index in [0.717, 1.165) is 30.6 Å². The quantitative estimate of drug-likeness (QED) is 0.689. The lowest BCUT2D eigenvalue weighted by atomic mass is 10.0. The Morgan fingerprint density at radius 1 is 1.47 bits per heavy atom. The van der Waals surface area contributed by atoms with Gasteiger partial charge < -0.3 is 4.90 Å². The molecule has 1 saturated heterocycles. The average Bonchev–Trinajstić information content (AvgIpc) is 2.16. The largest absolute Gasteiger partial charge is 0.341 e. The number of aromatic nitrogens is 2. The number of rotatable bonds is 1. The van der Waals surface area contributed by atoms with Crippen molar-refractivity contribution in [2.24, 2.45) is 5.92 Å². The first-order valence-electron chi connectivity index (χ1n) is 5.41. The number of piperidine rings is 1. The molecular formula is C11H16ClN3. The smallest absolute Gasteiger partial charge is 0.226 e. The molecule has 0 N–H and O–H groups in total. The lowest BCUT2D eigenvalue weighted by molar-refractivity contribution is 0.442. The van der Waals surface area contributed by atoms with Crippen molar-refractivity contribution in [2.45, 2.75) is 26.7 Å². The lowest BCUT2D eigenvalue weighted by Gasteiger charge is -2.31. The van der Waals surface area contributed by atoms with Crippen molar-refractivity contribution >= 4 is 17.5 Å². The topological polar surface area (TPSA) is 29.0 Å². The van der Waals surface area contributed by atoms with Gasteiger partial charge in [-0.3, -0.25) is 0 Å². The van der Waals surface area contributed by atoms with Crippen LogP contribution >= 0.6 is 11.6 Å². The van der Waals surface area contributed by atoms with Crippen LogP contribution in [0.2, 0.25) is 5.15 Å². The molecule has 3 nitrogen and oxygen atoms in total. The van der Waals surface area contributed by atoms with Gasteiger partial charge in [-0.2, -0.15) is 0 Å². The summed E-state index contributed by atoms with van der Waals surface area (Å²) in [4.78, 5) is 10.9. The zero-order valence-electron chi connectivity index (χ0n) is 9.20. The second kappa shape index (κ2) is 4.35. The van der Waals surface area contributed by atoms with E-state index in [0.29, 0.717) is 5.15 Å². The number of anilines is 1. The molecule has 2 heterocycles. The highest BCUT2D eigenvalue weighted by Gasteiger charge is 2.18. The second-order valence-electron chi connectivity index (χ2n) is 4.33. The van der Waals surface area contributed by atoms with Crippen LogP contribution in [-0.2, 0) is 0 Å². The molecule has 0 spiro atoms. The van der Waals surface area contributed by atoms with Crippen LogP contribution in [0.5, 0.6) is 0 Å². The van der Waals surface area contributed by atoms with E-state index in [-0.39, 0.29) is 0 Å². The van der Waals surface area contributed by atoms with Gasteiger partial charge in [-0.25, -0.2) is 9.97 Å². The summed E-state index contributed by atoms with van der Waals surface area (Å²) in [6.07, 6.45) is 2.52. The van der Waals surface area contributed by atoms with Crippen molar-refractivity contribution in [3.8, 4) is 0 Å². The Morgan fingerprint density at radius 2 is 2.27 bits per heavy atom. The van der Waals surface area contributed by atoms with Gasteiger partial charge in [-0.15, -0.1) is 0 Å². The number of hydrogen-bond acceptors (Lipinski definition) is 3. The fourth-order valence-corrected chi connectivity index (χ4v) is 2.26. The van der Waals surface area contributed by atoms with Gasteiger partial charge in [0.15, 0.2) is 0 Å². The first-order valence-corrected chi connectivity index (χ1v) is 5.79. The maximum absolute atomic E-state index is 5.93. The molecule has 0 aromatic carbocycles. The summed E-state index contributed by atoms with van der Waals surface area (Å²) in [7, 11) is 0. The molecule has 1 atom stereocenters. The summed E-state index contributed by atoms with van der Waals surface area (Å²) >= 11 is 5.93. The molecule has 0 amide bonds. The van der Waals surface area contributed by atoms with Gasteiger partial charge in [-0.05, 0) is 31.7 Å². The second-order valence-corrected chi connectivity index (χ2v) is 4.71. The van der Waals surface area contributed by atoms with E-state index in [9.17, 15) is 0 Å². The van der Waals surface area contributed by atoms with Crippen LogP contribution in [0.1, 0.15) is 25.5 Å². The van der Waals surface area contributed by atoms with Gasteiger partial charge in [0.1, 0.15) is 5.15 Å². The Labute approximate surface area is 95.5 Å². The van der Waals surface area contributed by atoms with Gasteiger partial charge in [0, 0.05) is 18.8 Å². The highest BCUT2D eigenvalue weighted by molar-refractivity contribution is 6.29. The first-order chi connectivity index (χ1) is 7.15. The Bertz CT molecular complexity index is 333. The molecule has 1 aliphatic heterocycles. The molecule has 2 rings (SSSR count). The highest BCUT2D eigenvalue weighted by Crippen LogP contribution is 2.21. The maximum Gasteiger partial charge on any atom is 0.226 e.